The number of rotatable bonds is 3. The number of nitrogens with zero attached hydrogens (tertiary/aromatic N) is 2. The molecule has 5 heteroatoms. The second kappa shape index (κ2) is 6.52. The summed E-state index contributed by atoms with van der Waals surface area (Å²) in [6.07, 6.45) is 7.11. The number of carboxylic acids is 1. The van der Waals surface area contributed by atoms with Crippen LogP contribution in [0, 0.1) is 0 Å². The highest BCUT2D eigenvalue weighted by molar-refractivity contribution is 5.97. The van der Waals surface area contributed by atoms with Crippen LogP contribution in [0.5, 0.6) is 0 Å². The van der Waals surface area contributed by atoms with Gasteiger partial charge in [0.2, 0.25) is 0 Å². The molecule has 1 fully saturated rings. The van der Waals surface area contributed by atoms with Gasteiger partial charge in [-0.3, -0.25) is 9.78 Å². The largest absolute Gasteiger partial charge is 0.478 e. The van der Waals surface area contributed by atoms with Crippen LogP contribution >= 0.6 is 0 Å². The molecule has 1 N–H and O–H groups in total. The molecule has 2 atom stereocenters. The Morgan fingerprint density at radius 2 is 2.00 bits per heavy atom. The number of carbonyl (C=O) groups excluding carboxylic acids is 1. The molecule has 0 aliphatic carbocycles. The van der Waals surface area contributed by atoms with Gasteiger partial charge < -0.3 is 10.0 Å². The third-order valence-electron chi connectivity index (χ3n) is 3.88. The summed E-state index contributed by atoms with van der Waals surface area (Å²) in [6, 6.07) is 3.76. The van der Waals surface area contributed by atoms with Gasteiger partial charge >= 0.3 is 5.97 Å². The van der Waals surface area contributed by atoms with Gasteiger partial charge in [0.15, 0.2) is 0 Å². The molecular formula is C16H20N2O3. The van der Waals surface area contributed by atoms with E-state index in [4.69, 9.17) is 5.11 Å². The molecular weight excluding hydrogens is 268 g/mol. The molecule has 1 aliphatic rings. The van der Waals surface area contributed by atoms with Gasteiger partial charge in [-0.05, 0) is 45.3 Å². The zero-order valence-corrected chi connectivity index (χ0v) is 12.3. The SMILES string of the molecule is CC1CCCC(C)N1C(=O)c1ncccc1/C=C/C(=O)O. The Hall–Kier alpha value is -2.17. The number of carboxylic acid groups (broad SMARTS) is 1. The minimum Gasteiger partial charge on any atom is -0.478 e. The molecule has 1 aromatic rings. The van der Waals surface area contributed by atoms with Crippen LogP contribution in [0.3, 0.4) is 0 Å². The summed E-state index contributed by atoms with van der Waals surface area (Å²) in [5.41, 5.74) is 0.852. The zero-order chi connectivity index (χ0) is 15.4. The van der Waals surface area contributed by atoms with E-state index >= 15 is 0 Å². The number of likely N-dealkylation sites (tertiary alicyclic amines) is 1. The van der Waals surface area contributed by atoms with Gasteiger partial charge in [-0.2, -0.15) is 0 Å². The van der Waals surface area contributed by atoms with E-state index in [1.807, 2.05) is 18.7 Å². The van der Waals surface area contributed by atoms with Crippen LogP contribution in [0.2, 0.25) is 0 Å². The van der Waals surface area contributed by atoms with Crippen LogP contribution in [0.4, 0.5) is 0 Å². The number of hydrogen-bond acceptors (Lipinski definition) is 3. The van der Waals surface area contributed by atoms with Gasteiger partial charge in [-0.25, -0.2) is 4.79 Å². The van der Waals surface area contributed by atoms with Crippen molar-refractivity contribution in [3.8, 4) is 0 Å². The molecule has 1 aromatic heterocycles. The Kier molecular flexibility index (Phi) is 4.73. The number of pyridine rings is 1. The van der Waals surface area contributed by atoms with E-state index in [0.717, 1.165) is 25.3 Å². The lowest BCUT2D eigenvalue weighted by Gasteiger charge is -2.39. The Morgan fingerprint density at radius 3 is 2.62 bits per heavy atom. The van der Waals surface area contributed by atoms with E-state index in [0.29, 0.717) is 11.3 Å². The molecule has 2 heterocycles. The molecule has 5 nitrogen and oxygen atoms in total. The summed E-state index contributed by atoms with van der Waals surface area (Å²) in [5.74, 6) is -1.17. The first-order chi connectivity index (χ1) is 10.0. The van der Waals surface area contributed by atoms with Crippen molar-refractivity contribution in [2.45, 2.75) is 45.2 Å². The van der Waals surface area contributed by atoms with Crippen LogP contribution in [0.15, 0.2) is 24.4 Å². The first-order valence-corrected chi connectivity index (χ1v) is 7.19. The van der Waals surface area contributed by atoms with Crippen molar-refractivity contribution in [2.24, 2.45) is 0 Å². The predicted molar refractivity (Wildman–Crippen MR) is 79.9 cm³/mol. The van der Waals surface area contributed by atoms with Crippen LogP contribution in [-0.4, -0.2) is 39.0 Å². The number of hydrogen-bond donors (Lipinski definition) is 1. The molecule has 2 unspecified atom stereocenters. The summed E-state index contributed by atoms with van der Waals surface area (Å²) in [7, 11) is 0. The van der Waals surface area contributed by atoms with Gasteiger partial charge in [-0.15, -0.1) is 0 Å². The monoisotopic (exact) mass is 288 g/mol. The highest BCUT2D eigenvalue weighted by atomic mass is 16.4. The molecule has 21 heavy (non-hydrogen) atoms. The highest BCUT2D eigenvalue weighted by Crippen LogP contribution is 2.25. The standard InChI is InChI=1S/C16H20N2O3/c1-11-5-3-6-12(2)18(11)16(21)15-13(7-4-10-17-15)8-9-14(19)20/h4,7-12H,3,5-6H2,1-2H3,(H,19,20)/b9-8+. The van der Waals surface area contributed by atoms with E-state index in [1.165, 1.54) is 6.08 Å². The lowest BCUT2D eigenvalue weighted by atomic mass is 9.96. The first-order valence-electron chi connectivity index (χ1n) is 7.19. The molecule has 0 saturated carbocycles. The molecule has 0 aromatic carbocycles. The fraction of sp³-hybridized carbons (Fsp3) is 0.438. The summed E-state index contributed by atoms with van der Waals surface area (Å²) >= 11 is 0. The fourth-order valence-corrected chi connectivity index (χ4v) is 2.84. The van der Waals surface area contributed by atoms with Crippen molar-refractivity contribution in [1.29, 1.82) is 0 Å². The lowest BCUT2D eigenvalue weighted by Crippen LogP contribution is -2.47. The third-order valence-corrected chi connectivity index (χ3v) is 3.88. The van der Waals surface area contributed by atoms with E-state index in [1.54, 1.807) is 18.3 Å². The normalized spacial score (nSPS) is 22.5. The quantitative estimate of drug-likeness (QED) is 0.868. The maximum absolute atomic E-state index is 12.8. The van der Waals surface area contributed by atoms with Gasteiger partial charge in [0.25, 0.3) is 5.91 Å². The van der Waals surface area contributed by atoms with Crippen molar-refractivity contribution in [1.82, 2.24) is 9.88 Å². The van der Waals surface area contributed by atoms with Crippen molar-refractivity contribution in [3.05, 3.63) is 35.7 Å². The molecule has 2 rings (SSSR count). The number of aromatic nitrogens is 1. The highest BCUT2D eigenvalue weighted by Gasteiger charge is 2.31. The summed E-state index contributed by atoms with van der Waals surface area (Å²) < 4.78 is 0. The Morgan fingerprint density at radius 1 is 1.33 bits per heavy atom. The predicted octanol–water partition coefficient (Wildman–Crippen LogP) is 2.58. The molecule has 1 amide bonds. The number of carbonyl (C=O) groups is 2. The Bertz CT molecular complexity index is 558. The second-order valence-electron chi connectivity index (χ2n) is 5.45. The van der Waals surface area contributed by atoms with Crippen LogP contribution in [0.1, 0.15) is 49.2 Å². The number of aliphatic carboxylic acids is 1. The second-order valence-corrected chi connectivity index (χ2v) is 5.45. The van der Waals surface area contributed by atoms with Gasteiger partial charge in [0.1, 0.15) is 5.69 Å². The Labute approximate surface area is 124 Å². The van der Waals surface area contributed by atoms with E-state index in [9.17, 15) is 9.59 Å². The molecule has 1 aliphatic heterocycles. The maximum atomic E-state index is 12.8. The lowest BCUT2D eigenvalue weighted by molar-refractivity contribution is -0.131. The van der Waals surface area contributed by atoms with Gasteiger partial charge in [-0.1, -0.05) is 6.07 Å². The van der Waals surface area contributed by atoms with Crippen molar-refractivity contribution >= 4 is 18.0 Å². The van der Waals surface area contributed by atoms with E-state index in [-0.39, 0.29) is 18.0 Å². The van der Waals surface area contributed by atoms with Crippen LogP contribution in [-0.2, 0) is 4.79 Å². The number of amides is 1. The smallest absolute Gasteiger partial charge is 0.328 e. The minimum atomic E-state index is -1.04. The molecule has 0 spiro atoms. The molecule has 0 bridgehead atoms. The minimum absolute atomic E-state index is 0.125. The summed E-state index contributed by atoms with van der Waals surface area (Å²) in [4.78, 5) is 29.5. The van der Waals surface area contributed by atoms with E-state index < -0.39 is 5.97 Å². The van der Waals surface area contributed by atoms with E-state index in [2.05, 4.69) is 4.98 Å². The van der Waals surface area contributed by atoms with Crippen LogP contribution < -0.4 is 0 Å². The zero-order valence-electron chi connectivity index (χ0n) is 12.3. The Balaban J connectivity index is 2.32. The summed E-state index contributed by atoms with van der Waals surface area (Å²) in [6.45, 7) is 4.09. The molecule has 1 saturated heterocycles. The fourth-order valence-electron chi connectivity index (χ4n) is 2.84. The van der Waals surface area contributed by atoms with Crippen molar-refractivity contribution in [2.75, 3.05) is 0 Å². The topological polar surface area (TPSA) is 70.5 Å². The molecule has 0 radical (unpaired) electrons. The van der Waals surface area contributed by atoms with Gasteiger partial charge in [0.05, 0.1) is 0 Å². The average molecular weight is 288 g/mol. The van der Waals surface area contributed by atoms with Crippen molar-refractivity contribution in [3.63, 3.8) is 0 Å². The first kappa shape index (κ1) is 15.2. The van der Waals surface area contributed by atoms with Crippen LogP contribution in [0.25, 0.3) is 6.08 Å². The number of piperidine rings is 1. The third kappa shape index (κ3) is 3.48. The average Bonchev–Trinajstić information content (AvgIpc) is 2.45. The molecule has 112 valence electrons. The summed E-state index contributed by atoms with van der Waals surface area (Å²) in [5, 5.41) is 8.73. The van der Waals surface area contributed by atoms with Gasteiger partial charge in [0, 0.05) is 29.9 Å². The van der Waals surface area contributed by atoms with Crippen molar-refractivity contribution < 1.29 is 14.7 Å². The maximum Gasteiger partial charge on any atom is 0.328 e.